The molecule has 0 unspecified atom stereocenters. The van der Waals surface area contributed by atoms with Gasteiger partial charge in [0.2, 0.25) is 0 Å². The van der Waals surface area contributed by atoms with E-state index < -0.39 is 31.6 Å². The lowest BCUT2D eigenvalue weighted by Crippen LogP contribution is -2.43. The lowest BCUT2D eigenvalue weighted by Gasteiger charge is -2.38. The predicted molar refractivity (Wildman–Crippen MR) is 116 cm³/mol. The minimum atomic E-state index is -4.91. The normalized spacial score (nSPS) is 13.1. The zero-order chi connectivity index (χ0) is 24.5. The Kier molecular flexibility index (Phi) is 7.60. The Morgan fingerprint density at radius 3 is 1.94 bits per heavy atom. The molecular formula is C23H28F6N2Si. The van der Waals surface area contributed by atoms with Crippen molar-refractivity contribution < 1.29 is 26.3 Å². The summed E-state index contributed by atoms with van der Waals surface area (Å²) in [6, 6.07) is 1.66. The zero-order valence-electron chi connectivity index (χ0n) is 19.0. The predicted octanol–water partition coefficient (Wildman–Crippen LogP) is 7.54. The number of hydrogen-bond acceptors (Lipinski definition) is 1. The van der Waals surface area contributed by atoms with Gasteiger partial charge in [-0.1, -0.05) is 53.5 Å². The van der Waals surface area contributed by atoms with E-state index in [1.165, 1.54) is 17.1 Å². The molecule has 2 rings (SSSR count). The summed E-state index contributed by atoms with van der Waals surface area (Å²) in [6.07, 6.45) is -6.76. The van der Waals surface area contributed by atoms with Gasteiger partial charge in [0.15, 0.2) is 0 Å². The van der Waals surface area contributed by atoms with Gasteiger partial charge in [0.05, 0.1) is 29.4 Å². The smallest absolute Gasteiger partial charge is 0.267 e. The summed E-state index contributed by atoms with van der Waals surface area (Å²) in [4.78, 5) is 0. The third-order valence-corrected chi connectivity index (χ3v) is 12.3. The molecule has 2 nitrogen and oxygen atoms in total. The molecule has 0 N–H and O–H groups in total. The number of nitrogens with zero attached hydrogens (tertiary/aromatic N) is 2. The van der Waals surface area contributed by atoms with E-state index in [1.54, 1.807) is 0 Å². The van der Waals surface area contributed by atoms with Gasteiger partial charge in [-0.15, -0.1) is 5.54 Å². The van der Waals surface area contributed by atoms with Crippen LogP contribution in [-0.4, -0.2) is 17.9 Å². The number of halogens is 6. The standard InChI is InChI=1S/C23H28F6N2Si/c1-15(2)32(16(3)4,17(5)6)10-9-18-12-30-31(13-18)14-19-7-8-20(22(24,25)26)11-21(19)23(27,28)29/h7-8,11-13,15-17H,14H2,1-6H3. The molecule has 176 valence electrons. The van der Waals surface area contributed by atoms with Gasteiger partial charge in [0.1, 0.15) is 8.07 Å². The fourth-order valence-corrected chi connectivity index (χ4v) is 9.68. The Bertz CT molecular complexity index is 969. The van der Waals surface area contributed by atoms with Crippen LogP contribution in [0, 0.1) is 11.5 Å². The second-order valence-corrected chi connectivity index (χ2v) is 14.5. The van der Waals surface area contributed by atoms with Crippen molar-refractivity contribution in [2.75, 3.05) is 0 Å². The molecule has 0 atom stereocenters. The van der Waals surface area contributed by atoms with Crippen LogP contribution in [0.5, 0.6) is 0 Å². The van der Waals surface area contributed by atoms with E-state index in [4.69, 9.17) is 0 Å². The van der Waals surface area contributed by atoms with E-state index in [9.17, 15) is 26.3 Å². The van der Waals surface area contributed by atoms with E-state index in [0.717, 1.165) is 6.07 Å². The lowest BCUT2D eigenvalue weighted by molar-refractivity contribution is -0.143. The van der Waals surface area contributed by atoms with Crippen molar-refractivity contribution in [3.8, 4) is 11.5 Å². The quantitative estimate of drug-likeness (QED) is 0.249. The van der Waals surface area contributed by atoms with Crippen LogP contribution in [0.3, 0.4) is 0 Å². The van der Waals surface area contributed by atoms with Gasteiger partial charge in [-0.3, -0.25) is 4.68 Å². The van der Waals surface area contributed by atoms with Crippen molar-refractivity contribution in [1.82, 2.24) is 9.78 Å². The van der Waals surface area contributed by atoms with Crippen LogP contribution in [0.15, 0.2) is 30.6 Å². The first kappa shape index (κ1) is 26.0. The SMILES string of the molecule is CC(C)[Si](C#Cc1cnn(Cc2ccc(C(F)(F)F)cc2C(F)(F)F)c1)(C(C)C)C(C)C. The van der Waals surface area contributed by atoms with Gasteiger partial charge >= 0.3 is 12.4 Å². The second kappa shape index (κ2) is 9.34. The summed E-state index contributed by atoms with van der Waals surface area (Å²) < 4.78 is 80.1. The maximum Gasteiger partial charge on any atom is 0.416 e. The zero-order valence-corrected chi connectivity index (χ0v) is 20.0. The molecule has 1 aromatic heterocycles. The first-order valence-electron chi connectivity index (χ1n) is 10.4. The Hall–Kier alpha value is -2.21. The highest BCUT2D eigenvalue weighted by atomic mass is 28.3. The van der Waals surface area contributed by atoms with E-state index in [-0.39, 0.29) is 18.2 Å². The van der Waals surface area contributed by atoms with E-state index >= 15 is 0 Å². The number of hydrogen-bond donors (Lipinski definition) is 0. The molecule has 0 saturated carbocycles. The number of benzene rings is 1. The fourth-order valence-electron chi connectivity index (χ4n) is 4.46. The third-order valence-electron chi connectivity index (χ3n) is 6.00. The summed E-state index contributed by atoms with van der Waals surface area (Å²) in [7, 11) is -1.99. The molecule has 0 spiro atoms. The first-order chi connectivity index (χ1) is 14.6. The van der Waals surface area contributed by atoms with Crippen LogP contribution in [-0.2, 0) is 18.9 Å². The Morgan fingerprint density at radius 2 is 1.47 bits per heavy atom. The van der Waals surface area contributed by atoms with Crippen molar-refractivity contribution in [2.45, 2.75) is 77.1 Å². The summed E-state index contributed by atoms with van der Waals surface area (Å²) >= 11 is 0. The van der Waals surface area contributed by atoms with Gasteiger partial charge in [0, 0.05) is 6.20 Å². The van der Waals surface area contributed by atoms with Crippen molar-refractivity contribution in [3.63, 3.8) is 0 Å². The van der Waals surface area contributed by atoms with E-state index in [1.807, 2.05) is 0 Å². The van der Waals surface area contributed by atoms with Crippen LogP contribution in [0.2, 0.25) is 16.6 Å². The van der Waals surface area contributed by atoms with E-state index in [2.05, 4.69) is 58.1 Å². The number of rotatable bonds is 5. The van der Waals surface area contributed by atoms with Gasteiger partial charge in [-0.25, -0.2) is 0 Å². The monoisotopic (exact) mass is 474 g/mol. The molecule has 0 aliphatic carbocycles. The first-order valence-corrected chi connectivity index (χ1v) is 12.6. The molecule has 0 aliphatic rings. The van der Waals surface area contributed by atoms with Gasteiger partial charge < -0.3 is 0 Å². The summed E-state index contributed by atoms with van der Waals surface area (Å²) in [5.74, 6) is 3.17. The fraction of sp³-hybridized carbons (Fsp3) is 0.522. The van der Waals surface area contributed by atoms with Crippen LogP contribution in [0.25, 0.3) is 0 Å². The Morgan fingerprint density at radius 1 is 0.906 bits per heavy atom. The molecule has 0 aliphatic heterocycles. The number of aromatic nitrogens is 2. The summed E-state index contributed by atoms with van der Waals surface area (Å²) in [5, 5.41) is 4.08. The highest BCUT2D eigenvalue weighted by Gasteiger charge is 2.42. The molecule has 0 amide bonds. The molecule has 1 heterocycles. The minimum Gasteiger partial charge on any atom is -0.267 e. The average Bonchev–Trinajstić information content (AvgIpc) is 3.07. The molecule has 0 radical (unpaired) electrons. The topological polar surface area (TPSA) is 17.8 Å². The molecule has 0 saturated heterocycles. The van der Waals surface area contributed by atoms with Crippen LogP contribution in [0.4, 0.5) is 26.3 Å². The van der Waals surface area contributed by atoms with Crippen molar-refractivity contribution in [1.29, 1.82) is 0 Å². The maximum absolute atomic E-state index is 13.4. The Balaban J connectivity index is 2.39. The van der Waals surface area contributed by atoms with Crippen molar-refractivity contribution in [3.05, 3.63) is 52.8 Å². The highest BCUT2D eigenvalue weighted by molar-refractivity contribution is 6.90. The van der Waals surface area contributed by atoms with Gasteiger partial charge in [-0.05, 0) is 34.3 Å². The largest absolute Gasteiger partial charge is 0.416 e. The Labute approximate surface area is 186 Å². The van der Waals surface area contributed by atoms with Crippen LogP contribution in [0.1, 0.15) is 63.8 Å². The van der Waals surface area contributed by atoms with Gasteiger partial charge in [-0.2, -0.15) is 31.4 Å². The van der Waals surface area contributed by atoms with Crippen LogP contribution < -0.4 is 0 Å². The average molecular weight is 475 g/mol. The molecule has 2 aromatic rings. The molecule has 1 aromatic carbocycles. The molecule has 0 bridgehead atoms. The second-order valence-electron chi connectivity index (χ2n) is 8.94. The van der Waals surface area contributed by atoms with Gasteiger partial charge in [0.25, 0.3) is 0 Å². The van der Waals surface area contributed by atoms with E-state index in [0.29, 0.717) is 28.3 Å². The summed E-state index contributed by atoms with van der Waals surface area (Å²) in [6.45, 7) is 12.7. The summed E-state index contributed by atoms with van der Waals surface area (Å²) in [5.41, 5.74) is 2.41. The molecular weight excluding hydrogens is 446 g/mol. The highest BCUT2D eigenvalue weighted by Crippen LogP contribution is 2.41. The van der Waals surface area contributed by atoms with Crippen molar-refractivity contribution in [2.24, 2.45) is 0 Å². The lowest BCUT2D eigenvalue weighted by atomic mass is 10.0. The number of alkyl halides is 6. The third kappa shape index (κ3) is 5.58. The minimum absolute atomic E-state index is 0.146. The molecule has 32 heavy (non-hydrogen) atoms. The maximum atomic E-state index is 13.4. The van der Waals surface area contributed by atoms with Crippen molar-refractivity contribution >= 4 is 8.07 Å². The molecule has 9 heteroatoms. The van der Waals surface area contributed by atoms with Crippen LogP contribution >= 0.6 is 0 Å². The molecule has 0 fully saturated rings.